The van der Waals surface area contributed by atoms with Crippen molar-refractivity contribution in [3.05, 3.63) is 48.2 Å². The topological polar surface area (TPSA) is 96.4 Å². The van der Waals surface area contributed by atoms with E-state index in [0.717, 1.165) is 6.26 Å². The molecule has 0 atom stereocenters. The predicted octanol–water partition coefficient (Wildman–Crippen LogP) is 1.44. The zero-order valence-electron chi connectivity index (χ0n) is 10.6. The molecule has 104 valence electrons. The first-order valence-electron chi connectivity index (χ1n) is 5.63. The van der Waals surface area contributed by atoms with Crippen LogP contribution < -0.4 is 5.32 Å². The number of hydrogen-bond donors (Lipinski definition) is 2. The number of hydrogen-bond acceptors (Lipinski definition) is 5. The molecule has 0 saturated carbocycles. The molecule has 0 unspecified atom stereocenters. The van der Waals surface area contributed by atoms with Gasteiger partial charge in [-0.25, -0.2) is 13.4 Å². The van der Waals surface area contributed by atoms with Crippen LogP contribution in [0.4, 0.5) is 5.82 Å². The number of nitrogens with one attached hydrogen (secondary N) is 1. The van der Waals surface area contributed by atoms with Gasteiger partial charge in [0, 0.05) is 18.0 Å². The van der Waals surface area contributed by atoms with E-state index in [9.17, 15) is 18.3 Å². The van der Waals surface area contributed by atoms with Crippen LogP contribution in [0.15, 0.2) is 47.5 Å². The first-order valence-corrected chi connectivity index (χ1v) is 7.52. The third-order valence-corrected chi connectivity index (χ3v) is 3.65. The lowest BCUT2D eigenvalue weighted by atomic mass is 10.2. The summed E-state index contributed by atoms with van der Waals surface area (Å²) in [5.41, 5.74) is 0.165. The maximum Gasteiger partial charge on any atom is 0.256 e. The molecular formula is C13H12N2O4S. The maximum absolute atomic E-state index is 12.0. The van der Waals surface area contributed by atoms with E-state index in [1.165, 1.54) is 42.6 Å². The number of rotatable bonds is 3. The number of sulfone groups is 1. The number of anilines is 1. The van der Waals surface area contributed by atoms with Crippen LogP contribution >= 0.6 is 0 Å². The second kappa shape index (κ2) is 5.30. The van der Waals surface area contributed by atoms with Crippen molar-refractivity contribution in [2.24, 2.45) is 0 Å². The quantitative estimate of drug-likeness (QED) is 0.892. The fourth-order valence-electron chi connectivity index (χ4n) is 1.54. The van der Waals surface area contributed by atoms with E-state index in [1.807, 2.05) is 0 Å². The number of aromatic hydroxyl groups is 1. The van der Waals surface area contributed by atoms with E-state index in [2.05, 4.69) is 10.3 Å². The van der Waals surface area contributed by atoms with Gasteiger partial charge in [0.15, 0.2) is 21.4 Å². The average Bonchev–Trinajstić information content (AvgIpc) is 2.40. The Hall–Kier alpha value is -2.41. The van der Waals surface area contributed by atoms with Crippen molar-refractivity contribution in [2.45, 2.75) is 4.90 Å². The standard InChI is InChI=1S/C13H12N2O4S/c1-20(18,19)10-5-2-4-9(8-10)13(17)15-12-11(16)6-3-7-14-12/h2-8,16H,1H3,(H,14,15,17). The Kier molecular flexibility index (Phi) is 3.71. The van der Waals surface area contributed by atoms with Crippen LogP contribution in [-0.4, -0.2) is 30.7 Å². The summed E-state index contributed by atoms with van der Waals surface area (Å²) in [6.45, 7) is 0. The minimum atomic E-state index is -3.38. The monoisotopic (exact) mass is 292 g/mol. The molecule has 7 heteroatoms. The van der Waals surface area contributed by atoms with Crippen LogP contribution in [0, 0.1) is 0 Å². The third-order valence-electron chi connectivity index (χ3n) is 2.54. The smallest absolute Gasteiger partial charge is 0.256 e. The van der Waals surface area contributed by atoms with Crippen LogP contribution in [-0.2, 0) is 9.84 Å². The maximum atomic E-state index is 12.0. The highest BCUT2D eigenvalue weighted by Crippen LogP contribution is 2.19. The lowest BCUT2D eigenvalue weighted by Gasteiger charge is -2.06. The molecule has 2 rings (SSSR count). The van der Waals surface area contributed by atoms with Crippen LogP contribution in [0.25, 0.3) is 0 Å². The Morgan fingerprint density at radius 1 is 1.25 bits per heavy atom. The van der Waals surface area contributed by atoms with Gasteiger partial charge in [-0.05, 0) is 30.3 Å². The number of carbonyl (C=O) groups is 1. The van der Waals surface area contributed by atoms with Gasteiger partial charge < -0.3 is 10.4 Å². The highest BCUT2D eigenvalue weighted by atomic mass is 32.2. The molecule has 1 heterocycles. The van der Waals surface area contributed by atoms with Crippen molar-refractivity contribution in [2.75, 3.05) is 11.6 Å². The molecule has 1 amide bonds. The highest BCUT2D eigenvalue weighted by molar-refractivity contribution is 7.90. The molecule has 0 aliphatic heterocycles. The van der Waals surface area contributed by atoms with Gasteiger partial charge in [-0.15, -0.1) is 0 Å². The molecule has 2 aromatic rings. The first kappa shape index (κ1) is 14.0. The Morgan fingerprint density at radius 3 is 2.65 bits per heavy atom. The molecule has 0 fully saturated rings. The zero-order chi connectivity index (χ0) is 14.8. The summed E-state index contributed by atoms with van der Waals surface area (Å²) < 4.78 is 22.9. The number of aromatic nitrogens is 1. The van der Waals surface area contributed by atoms with E-state index >= 15 is 0 Å². The Balaban J connectivity index is 2.29. The fraction of sp³-hybridized carbons (Fsp3) is 0.0769. The molecule has 0 aliphatic rings. The largest absolute Gasteiger partial charge is 0.504 e. The molecule has 20 heavy (non-hydrogen) atoms. The number of pyridine rings is 1. The third kappa shape index (κ3) is 3.12. The molecule has 0 saturated heterocycles. The lowest BCUT2D eigenvalue weighted by molar-refractivity contribution is 0.102. The Morgan fingerprint density at radius 2 is 2.00 bits per heavy atom. The summed E-state index contributed by atoms with van der Waals surface area (Å²) in [4.78, 5) is 15.9. The van der Waals surface area contributed by atoms with E-state index in [1.54, 1.807) is 0 Å². The Labute approximate surface area is 116 Å². The summed E-state index contributed by atoms with van der Waals surface area (Å²) in [5.74, 6) is -0.702. The molecule has 1 aromatic heterocycles. The molecule has 2 N–H and O–H groups in total. The normalized spacial score (nSPS) is 11.1. The van der Waals surface area contributed by atoms with Gasteiger partial charge in [-0.2, -0.15) is 0 Å². The van der Waals surface area contributed by atoms with Gasteiger partial charge >= 0.3 is 0 Å². The van der Waals surface area contributed by atoms with E-state index in [0.29, 0.717) is 0 Å². The van der Waals surface area contributed by atoms with Gasteiger partial charge in [0.2, 0.25) is 0 Å². The second-order valence-electron chi connectivity index (χ2n) is 4.13. The van der Waals surface area contributed by atoms with Crippen molar-refractivity contribution in [1.29, 1.82) is 0 Å². The van der Waals surface area contributed by atoms with Gasteiger partial charge in [0.05, 0.1) is 4.90 Å². The van der Waals surface area contributed by atoms with Crippen molar-refractivity contribution < 1.29 is 18.3 Å². The number of amides is 1. The van der Waals surface area contributed by atoms with Crippen molar-refractivity contribution in [3.8, 4) is 5.75 Å². The number of nitrogens with zero attached hydrogens (tertiary/aromatic N) is 1. The summed E-state index contributed by atoms with van der Waals surface area (Å²) >= 11 is 0. The molecule has 0 bridgehead atoms. The SMILES string of the molecule is CS(=O)(=O)c1cccc(C(=O)Nc2ncccc2O)c1. The molecule has 0 spiro atoms. The summed E-state index contributed by atoms with van der Waals surface area (Å²) in [6.07, 6.45) is 2.48. The lowest BCUT2D eigenvalue weighted by Crippen LogP contribution is -2.13. The average molecular weight is 292 g/mol. The van der Waals surface area contributed by atoms with Gasteiger partial charge in [-0.1, -0.05) is 6.07 Å². The molecule has 0 radical (unpaired) electrons. The van der Waals surface area contributed by atoms with Crippen molar-refractivity contribution in [1.82, 2.24) is 4.98 Å². The van der Waals surface area contributed by atoms with Crippen molar-refractivity contribution >= 4 is 21.6 Å². The number of carbonyl (C=O) groups excluding carboxylic acids is 1. The highest BCUT2D eigenvalue weighted by Gasteiger charge is 2.13. The summed E-state index contributed by atoms with van der Waals surface area (Å²) in [6, 6.07) is 8.54. The molecule has 1 aromatic carbocycles. The van der Waals surface area contributed by atoms with E-state index in [4.69, 9.17) is 0 Å². The van der Waals surface area contributed by atoms with Gasteiger partial charge in [0.1, 0.15) is 0 Å². The molecular weight excluding hydrogens is 280 g/mol. The van der Waals surface area contributed by atoms with Crippen LogP contribution in [0.5, 0.6) is 5.75 Å². The first-order chi connectivity index (χ1) is 9.38. The fourth-order valence-corrected chi connectivity index (χ4v) is 2.21. The van der Waals surface area contributed by atoms with Gasteiger partial charge in [0.25, 0.3) is 5.91 Å². The zero-order valence-corrected chi connectivity index (χ0v) is 11.4. The van der Waals surface area contributed by atoms with Crippen LogP contribution in [0.3, 0.4) is 0 Å². The van der Waals surface area contributed by atoms with E-state index in [-0.39, 0.29) is 22.0 Å². The summed E-state index contributed by atoms with van der Waals surface area (Å²) in [7, 11) is -3.38. The van der Waals surface area contributed by atoms with Gasteiger partial charge in [-0.3, -0.25) is 4.79 Å². The van der Waals surface area contributed by atoms with Crippen LogP contribution in [0.1, 0.15) is 10.4 Å². The molecule has 6 nitrogen and oxygen atoms in total. The van der Waals surface area contributed by atoms with E-state index < -0.39 is 15.7 Å². The predicted molar refractivity (Wildman–Crippen MR) is 73.4 cm³/mol. The summed E-state index contributed by atoms with van der Waals surface area (Å²) in [5, 5.41) is 11.9. The van der Waals surface area contributed by atoms with Crippen LogP contribution in [0.2, 0.25) is 0 Å². The minimum absolute atomic E-state index is 0.0160. The Bertz CT molecular complexity index is 756. The second-order valence-corrected chi connectivity index (χ2v) is 6.14. The minimum Gasteiger partial charge on any atom is -0.504 e. The number of benzene rings is 1. The molecule has 0 aliphatic carbocycles. The van der Waals surface area contributed by atoms with Crippen molar-refractivity contribution in [3.63, 3.8) is 0 Å².